The van der Waals surface area contributed by atoms with Crippen LogP contribution < -0.4 is 67.7 Å². The molecular formula is C10H42N12O. The van der Waals surface area contributed by atoms with E-state index in [2.05, 4.69) is 4.98 Å². The molecule has 0 aliphatic carbocycles. The fraction of sp³-hybridized carbons (Fsp3) is 0.100. The third kappa shape index (κ3) is 14.7. The first-order valence-electron chi connectivity index (χ1n) is 3.83. The van der Waals surface area contributed by atoms with E-state index in [1.165, 1.54) is 0 Å². The average molecular weight is 347 g/mol. The van der Waals surface area contributed by atoms with Crippen LogP contribution in [0.15, 0.2) is 30.3 Å². The molecule has 0 atom stereocenters. The van der Waals surface area contributed by atoms with Gasteiger partial charge in [-0.15, -0.1) is 0 Å². The van der Waals surface area contributed by atoms with E-state index >= 15 is 0 Å². The van der Waals surface area contributed by atoms with E-state index in [1.54, 1.807) is 12.1 Å². The first kappa shape index (κ1) is 69.4. The molecule has 0 saturated carbocycles. The van der Waals surface area contributed by atoms with Crippen LogP contribution in [0, 0.1) is 6.92 Å². The van der Waals surface area contributed by atoms with Crippen molar-refractivity contribution >= 4 is 10.9 Å². The summed E-state index contributed by atoms with van der Waals surface area (Å²) in [5.74, 6) is 0.292. The minimum Gasteiger partial charge on any atom is -0.507 e. The lowest BCUT2D eigenvalue weighted by atomic mass is 10.2. The predicted molar refractivity (Wildman–Crippen MR) is 103 cm³/mol. The number of benzene rings is 1. The fourth-order valence-corrected chi connectivity index (χ4v) is 1.24. The molecule has 0 amide bonds. The molecule has 0 aliphatic rings. The summed E-state index contributed by atoms with van der Waals surface area (Å²) in [6.07, 6.45) is 0. The highest BCUT2D eigenvalue weighted by Gasteiger charge is 1.98. The molecule has 1 aromatic carbocycles. The molecule has 0 saturated heterocycles. The smallest absolute Gasteiger partial charge is 0.124 e. The predicted octanol–water partition coefficient (Wildman–Crippen LogP) is 4.03. The van der Waals surface area contributed by atoms with Crippen molar-refractivity contribution < 1.29 is 5.11 Å². The molecule has 148 valence electrons. The van der Waals surface area contributed by atoms with Gasteiger partial charge in [-0.1, -0.05) is 6.07 Å². The second kappa shape index (κ2) is 28.2. The van der Waals surface area contributed by atoms with Gasteiger partial charge in [-0.3, -0.25) is 4.98 Å². The SMILES string of the molecule is Cc1ccc2c(O)cccc2n1.N.N.N.N.N.N.N.N.N.N.N. The van der Waals surface area contributed by atoms with Crippen molar-refractivity contribution in [2.24, 2.45) is 0 Å². The number of hydrogen-bond donors (Lipinski definition) is 12. The van der Waals surface area contributed by atoms with E-state index in [1.807, 2.05) is 25.1 Å². The number of nitrogens with zero attached hydrogens (tertiary/aromatic N) is 1. The molecule has 0 spiro atoms. The zero-order valence-corrected chi connectivity index (χ0v) is 14.6. The summed E-state index contributed by atoms with van der Waals surface area (Å²) in [5, 5.41) is 10.2. The Morgan fingerprint density at radius 2 is 1.09 bits per heavy atom. The Labute approximate surface area is 138 Å². The van der Waals surface area contributed by atoms with Gasteiger partial charge < -0.3 is 72.8 Å². The van der Waals surface area contributed by atoms with Gasteiger partial charge in [-0.2, -0.15) is 0 Å². The van der Waals surface area contributed by atoms with Gasteiger partial charge in [0, 0.05) is 11.1 Å². The molecule has 0 aliphatic heterocycles. The van der Waals surface area contributed by atoms with Gasteiger partial charge in [-0.05, 0) is 31.2 Å². The molecule has 2 aromatic rings. The van der Waals surface area contributed by atoms with Gasteiger partial charge in [0.05, 0.1) is 5.52 Å². The normalized spacial score (nSPS) is 5.43. The molecule has 0 bridgehead atoms. The van der Waals surface area contributed by atoms with Crippen LogP contribution in [0.25, 0.3) is 10.9 Å². The lowest BCUT2D eigenvalue weighted by molar-refractivity contribution is 0.481. The van der Waals surface area contributed by atoms with Gasteiger partial charge in [0.2, 0.25) is 0 Å². The number of rotatable bonds is 0. The summed E-state index contributed by atoms with van der Waals surface area (Å²) in [5.41, 5.74) is 1.81. The van der Waals surface area contributed by atoms with Gasteiger partial charge in [0.25, 0.3) is 0 Å². The monoisotopic (exact) mass is 346 g/mol. The van der Waals surface area contributed by atoms with Crippen LogP contribution in [-0.2, 0) is 0 Å². The molecule has 1 aromatic heterocycles. The average Bonchev–Trinajstić information content (AvgIpc) is 2.04. The van der Waals surface area contributed by atoms with Crippen molar-refractivity contribution in [2.75, 3.05) is 0 Å². The number of aromatic hydroxyl groups is 1. The highest BCUT2D eigenvalue weighted by atomic mass is 16.3. The van der Waals surface area contributed by atoms with E-state index in [4.69, 9.17) is 0 Å². The van der Waals surface area contributed by atoms with E-state index in [-0.39, 0.29) is 67.7 Å². The second-order valence-electron chi connectivity index (χ2n) is 2.80. The van der Waals surface area contributed by atoms with Gasteiger partial charge >= 0.3 is 0 Å². The summed E-state index contributed by atoms with van der Waals surface area (Å²) in [7, 11) is 0. The van der Waals surface area contributed by atoms with Crippen LogP contribution in [0.5, 0.6) is 5.75 Å². The lowest BCUT2D eigenvalue weighted by Crippen LogP contribution is -1.82. The third-order valence-electron chi connectivity index (χ3n) is 1.85. The van der Waals surface area contributed by atoms with Crippen molar-refractivity contribution in [1.29, 1.82) is 0 Å². The first-order valence-corrected chi connectivity index (χ1v) is 3.83. The summed E-state index contributed by atoms with van der Waals surface area (Å²) in [6.45, 7) is 1.93. The van der Waals surface area contributed by atoms with Crippen LogP contribution in [0.3, 0.4) is 0 Å². The highest BCUT2D eigenvalue weighted by Crippen LogP contribution is 2.22. The highest BCUT2D eigenvalue weighted by molar-refractivity contribution is 5.84. The number of hydrogen-bond acceptors (Lipinski definition) is 13. The van der Waals surface area contributed by atoms with E-state index in [0.29, 0.717) is 5.75 Å². The Hall–Kier alpha value is -2.01. The molecule has 34 N–H and O–H groups in total. The molecule has 13 nitrogen and oxygen atoms in total. The van der Waals surface area contributed by atoms with Gasteiger partial charge in [-0.25, -0.2) is 0 Å². The van der Waals surface area contributed by atoms with Crippen molar-refractivity contribution in [3.8, 4) is 5.75 Å². The minimum absolute atomic E-state index is 0. The van der Waals surface area contributed by atoms with Gasteiger partial charge in [0.15, 0.2) is 0 Å². The zero-order valence-electron chi connectivity index (χ0n) is 14.6. The molecule has 0 unspecified atom stereocenters. The number of phenols is 1. The van der Waals surface area contributed by atoms with E-state index < -0.39 is 0 Å². The maximum Gasteiger partial charge on any atom is 0.124 e. The van der Waals surface area contributed by atoms with Crippen molar-refractivity contribution in [3.63, 3.8) is 0 Å². The van der Waals surface area contributed by atoms with Crippen molar-refractivity contribution in [1.82, 2.24) is 72.6 Å². The quantitative estimate of drug-likeness (QED) is 0.320. The molecule has 0 fully saturated rings. The maximum absolute atomic E-state index is 9.42. The van der Waals surface area contributed by atoms with Crippen LogP contribution in [0.1, 0.15) is 5.69 Å². The molecule has 2 rings (SSSR count). The van der Waals surface area contributed by atoms with E-state index in [0.717, 1.165) is 16.6 Å². The number of phenolic OH excluding ortho intramolecular Hbond substituents is 1. The Kier molecular flexibility index (Phi) is 85.1. The van der Waals surface area contributed by atoms with Crippen LogP contribution in [-0.4, -0.2) is 10.1 Å². The minimum atomic E-state index is 0. The topological polar surface area (TPSA) is 418 Å². The van der Waals surface area contributed by atoms with Crippen LogP contribution >= 0.6 is 0 Å². The Bertz CT molecular complexity index is 441. The lowest BCUT2D eigenvalue weighted by Gasteiger charge is -1.99. The Balaban J connectivity index is -0.0000000192. The van der Waals surface area contributed by atoms with E-state index in [9.17, 15) is 5.11 Å². The number of aromatic nitrogens is 1. The maximum atomic E-state index is 9.42. The van der Waals surface area contributed by atoms with Crippen molar-refractivity contribution in [2.45, 2.75) is 6.92 Å². The Morgan fingerprint density at radius 3 is 1.52 bits per heavy atom. The number of fused-ring (bicyclic) bond motifs is 1. The summed E-state index contributed by atoms with van der Waals surface area (Å²) >= 11 is 0. The van der Waals surface area contributed by atoms with Crippen LogP contribution in [0.4, 0.5) is 0 Å². The molecule has 23 heavy (non-hydrogen) atoms. The third-order valence-corrected chi connectivity index (χ3v) is 1.85. The van der Waals surface area contributed by atoms with Crippen LogP contribution in [0.2, 0.25) is 0 Å². The summed E-state index contributed by atoms with van der Waals surface area (Å²) in [4.78, 5) is 4.28. The molecular weight excluding hydrogens is 304 g/mol. The first-order chi connectivity index (χ1) is 5.77. The number of pyridine rings is 1. The largest absolute Gasteiger partial charge is 0.507 e. The number of aryl methyl sites for hydroxylation is 1. The zero-order chi connectivity index (χ0) is 8.55. The fourth-order valence-electron chi connectivity index (χ4n) is 1.24. The molecule has 13 heteroatoms. The van der Waals surface area contributed by atoms with Gasteiger partial charge in [0.1, 0.15) is 5.75 Å². The standard InChI is InChI=1S/C10H9NO.11H3N/c1-7-5-6-8-9(11-7)3-2-4-10(8)12;;;;;;;;;;;/h2-6,12H,1H3;11*1H3. The summed E-state index contributed by atoms with van der Waals surface area (Å²) in [6, 6.07) is 9.13. The summed E-state index contributed by atoms with van der Waals surface area (Å²) < 4.78 is 0. The molecule has 1 heterocycles. The second-order valence-corrected chi connectivity index (χ2v) is 2.80. The Morgan fingerprint density at radius 1 is 0.652 bits per heavy atom. The van der Waals surface area contributed by atoms with Crippen molar-refractivity contribution in [3.05, 3.63) is 36.0 Å². The molecule has 0 radical (unpaired) electrons.